The molecule has 0 bridgehead atoms. The number of nitrogens with two attached hydrogens (primary N) is 2. The van der Waals surface area contributed by atoms with Gasteiger partial charge in [0, 0.05) is 76.7 Å². The van der Waals surface area contributed by atoms with Gasteiger partial charge in [-0.3, -0.25) is 14.9 Å². The number of benzene rings is 4. The SMILES string of the molecule is CC(=O)O.COC1CCC(OC)O1.Fc1cccc(F)c1-n1cccc1.Nc1c(F)cccc1F.Nc1ccn(-c2c(F)cccc2F)c1.O=[N+]([O-])c1ccn(-c2c(F)cccc2F)c1.[Cl][Sn][Cl]. The molecule has 7 aromatic rings. The van der Waals surface area contributed by atoms with Gasteiger partial charge in [-0.1, -0.05) is 24.3 Å². The molecule has 4 aromatic carbocycles. The summed E-state index contributed by atoms with van der Waals surface area (Å²) >= 11 is -0.826. The molecule has 3 aromatic heterocycles. The average molecular weight is 1110 g/mol. The van der Waals surface area contributed by atoms with Gasteiger partial charge in [-0.25, -0.2) is 35.1 Å². The number of nitrogens with zero attached hydrogens (tertiary/aromatic N) is 4. The number of anilines is 2. The number of nitro groups is 1. The number of carboxylic acids is 1. The molecule has 364 valence electrons. The van der Waals surface area contributed by atoms with Gasteiger partial charge in [-0.15, -0.1) is 0 Å². The topological polar surface area (TPSA) is 175 Å². The van der Waals surface area contributed by atoms with Gasteiger partial charge in [0.05, 0.1) is 11.1 Å². The molecule has 8 rings (SSSR count). The fourth-order valence-electron chi connectivity index (χ4n) is 5.31. The Bertz CT molecular complexity index is 2530. The molecule has 0 amide bonds. The second-order valence-electron chi connectivity index (χ2n) is 13.0. The number of aromatic nitrogens is 3. The van der Waals surface area contributed by atoms with Gasteiger partial charge in [-0.2, -0.15) is 0 Å². The maximum atomic E-state index is 13.3. The summed E-state index contributed by atoms with van der Waals surface area (Å²) in [5, 5.41) is 17.8. The summed E-state index contributed by atoms with van der Waals surface area (Å²) in [6.07, 6.45) is 10.2. The van der Waals surface area contributed by atoms with Crippen LogP contribution in [0, 0.1) is 56.7 Å². The van der Waals surface area contributed by atoms with Gasteiger partial charge in [0.15, 0.2) is 12.6 Å². The number of halogens is 10. The Labute approximate surface area is 401 Å². The number of para-hydroxylation sites is 4. The van der Waals surface area contributed by atoms with Crippen LogP contribution in [0.1, 0.15) is 19.8 Å². The van der Waals surface area contributed by atoms with E-state index in [-0.39, 0.29) is 35.3 Å². The number of nitrogen functional groups attached to an aromatic ring is 2. The summed E-state index contributed by atoms with van der Waals surface area (Å²) in [6, 6.07) is 20.6. The zero-order valence-corrected chi connectivity index (χ0v) is 40.3. The van der Waals surface area contributed by atoms with Crippen LogP contribution >= 0.6 is 17.8 Å². The molecule has 68 heavy (non-hydrogen) atoms. The molecule has 0 aliphatic carbocycles. The normalized spacial score (nSPS) is 13.1. The van der Waals surface area contributed by atoms with Gasteiger partial charge < -0.3 is 44.5 Å². The van der Waals surface area contributed by atoms with Crippen LogP contribution in [0.15, 0.2) is 134 Å². The number of ether oxygens (including phenoxy) is 3. The van der Waals surface area contributed by atoms with Crippen molar-refractivity contribution in [2.45, 2.75) is 32.3 Å². The van der Waals surface area contributed by atoms with Crippen LogP contribution in [0.3, 0.4) is 0 Å². The minimum atomic E-state index is -0.833. The van der Waals surface area contributed by atoms with Gasteiger partial charge in [-0.05, 0) is 66.7 Å². The number of hydrogen-bond donors (Lipinski definition) is 3. The Hall–Kier alpha value is -6.11. The van der Waals surface area contributed by atoms with Gasteiger partial charge in [0.2, 0.25) is 0 Å². The zero-order valence-electron chi connectivity index (χ0n) is 35.9. The van der Waals surface area contributed by atoms with E-state index in [2.05, 4.69) is 0 Å². The first kappa shape index (κ1) is 58.0. The third kappa shape index (κ3) is 19.2. The number of rotatable bonds is 6. The Balaban J connectivity index is 0.000000286. The van der Waals surface area contributed by atoms with Gasteiger partial charge >= 0.3 is 36.7 Å². The van der Waals surface area contributed by atoms with Crippen molar-refractivity contribution >= 4 is 59.8 Å². The van der Waals surface area contributed by atoms with Crippen molar-refractivity contribution < 1.29 is 64.2 Å². The molecule has 1 aliphatic heterocycles. The van der Waals surface area contributed by atoms with E-state index in [1.807, 2.05) is 0 Å². The Morgan fingerprint density at radius 3 is 1.24 bits per heavy atom. The third-order valence-corrected chi connectivity index (χ3v) is 8.26. The molecular formula is C44H42Cl2F8N6O7Sn. The predicted molar refractivity (Wildman–Crippen MR) is 242 cm³/mol. The summed E-state index contributed by atoms with van der Waals surface area (Å²) in [5.41, 5.74) is 9.74. The summed E-state index contributed by atoms with van der Waals surface area (Å²) in [5.74, 6) is -6.14. The molecule has 0 spiro atoms. The van der Waals surface area contributed by atoms with Crippen LogP contribution in [0.5, 0.6) is 0 Å². The van der Waals surface area contributed by atoms with Crippen molar-refractivity contribution in [3.63, 3.8) is 0 Å². The predicted octanol–water partition coefficient (Wildman–Crippen LogP) is 11.1. The number of carbonyl (C=O) groups is 1. The standard InChI is InChI=1S/C10H6F2N2O2.C10H8F2N2.C10H7F2N.C6H5F2N.C6H12O3.C2H4O2.2ClH.Sn/c11-8-2-1-3-9(12)10(8)13-5-4-7(6-13)14(15)16;11-8-2-1-3-9(12)10(8)14-5-4-7(13)6-14;11-8-4-3-5-9(12)10(8)13-6-1-2-7-13;7-4-2-1-3-5(8)6(4)9;1-7-5-3-4-6(8-2)9-5;1-2(3)4;;;/h1-6H;1-6H,13H2;1-7H;1-3H,9H2;5-6H,3-4H2,1-2H3;1H3,(H,3,4);2*1H;/q;;;;;;;;+2/p-2. The molecular weight excluding hydrogens is 1070 g/mol. The van der Waals surface area contributed by atoms with Crippen molar-refractivity contribution in [2.75, 3.05) is 25.7 Å². The van der Waals surface area contributed by atoms with E-state index in [9.17, 15) is 45.2 Å². The molecule has 13 nitrogen and oxygen atoms in total. The summed E-state index contributed by atoms with van der Waals surface area (Å²) in [7, 11) is 13.2. The summed E-state index contributed by atoms with van der Waals surface area (Å²) < 4.78 is 123. The Morgan fingerprint density at radius 1 is 0.632 bits per heavy atom. The van der Waals surface area contributed by atoms with E-state index in [0.717, 1.165) is 54.8 Å². The fourth-order valence-corrected chi connectivity index (χ4v) is 5.31. The second kappa shape index (κ2) is 30.3. The number of carboxylic acid groups (broad SMARTS) is 1. The van der Waals surface area contributed by atoms with Crippen LogP contribution in [-0.4, -0.2) is 75.4 Å². The molecule has 4 heterocycles. The van der Waals surface area contributed by atoms with Gasteiger partial charge in [0.1, 0.15) is 69.3 Å². The molecule has 2 radical (unpaired) electrons. The molecule has 1 aliphatic rings. The quantitative estimate of drug-likeness (QED) is 0.0481. The third-order valence-electron chi connectivity index (χ3n) is 8.26. The fraction of sp³-hybridized carbons (Fsp3) is 0.159. The first-order valence-electron chi connectivity index (χ1n) is 19.1. The maximum absolute atomic E-state index is 13.3. The summed E-state index contributed by atoms with van der Waals surface area (Å²) in [6.45, 7) is 1.08. The van der Waals surface area contributed by atoms with Crippen LogP contribution in [-0.2, 0) is 19.0 Å². The van der Waals surface area contributed by atoms with Crippen molar-refractivity contribution in [1.29, 1.82) is 0 Å². The van der Waals surface area contributed by atoms with Crippen LogP contribution in [0.25, 0.3) is 17.1 Å². The average Bonchev–Trinajstić information content (AvgIpc) is 4.14. The van der Waals surface area contributed by atoms with E-state index in [4.69, 9.17) is 53.4 Å². The summed E-state index contributed by atoms with van der Waals surface area (Å²) in [4.78, 5) is 18.8. The van der Waals surface area contributed by atoms with Crippen molar-refractivity contribution in [2.24, 2.45) is 0 Å². The zero-order chi connectivity index (χ0) is 50.9. The minimum absolute atomic E-state index is 0.0347. The van der Waals surface area contributed by atoms with E-state index in [1.165, 1.54) is 82.3 Å². The van der Waals surface area contributed by atoms with Crippen molar-refractivity contribution in [1.82, 2.24) is 13.7 Å². The van der Waals surface area contributed by atoms with E-state index in [1.54, 1.807) is 44.8 Å². The Morgan fingerprint density at radius 2 is 0.956 bits per heavy atom. The van der Waals surface area contributed by atoms with Crippen LogP contribution in [0.2, 0.25) is 0 Å². The number of hydrogen-bond acceptors (Lipinski definition) is 8. The monoisotopic (exact) mass is 1110 g/mol. The molecule has 24 heteroatoms. The van der Waals surface area contributed by atoms with Crippen molar-refractivity contribution in [3.05, 3.63) is 191 Å². The molecule has 0 saturated carbocycles. The number of methoxy groups -OCH3 is 2. The van der Waals surface area contributed by atoms with Crippen LogP contribution < -0.4 is 11.5 Å². The molecule has 1 fully saturated rings. The molecule has 1 saturated heterocycles. The van der Waals surface area contributed by atoms with Crippen LogP contribution in [0.4, 0.5) is 52.2 Å². The second-order valence-corrected chi connectivity index (χ2v) is 17.2. The van der Waals surface area contributed by atoms with E-state index >= 15 is 0 Å². The van der Waals surface area contributed by atoms with E-state index in [0.29, 0.717) is 5.69 Å². The van der Waals surface area contributed by atoms with Crippen molar-refractivity contribution in [3.8, 4) is 17.1 Å². The Kier molecular flexibility index (Phi) is 25.9. The first-order chi connectivity index (χ1) is 32.3. The first-order valence-corrected chi connectivity index (χ1v) is 26.3. The number of aliphatic carboxylic acids is 1. The molecule has 2 atom stereocenters. The van der Waals surface area contributed by atoms with Gasteiger partial charge in [0.25, 0.3) is 11.7 Å². The molecule has 5 N–H and O–H groups in total. The van der Waals surface area contributed by atoms with E-state index < -0.39 is 82.0 Å². The molecule has 2 unspecified atom stereocenters.